The first-order chi connectivity index (χ1) is 14.2. The van der Waals surface area contributed by atoms with Crippen LogP contribution in [0.3, 0.4) is 0 Å². The minimum Gasteiger partial charge on any atom is -0.356 e. The first kappa shape index (κ1) is 18.2. The monoisotopic (exact) mass is 402 g/mol. The Balaban J connectivity index is 1.78. The topological polar surface area (TPSA) is 34.0 Å². The van der Waals surface area contributed by atoms with E-state index in [4.69, 9.17) is 21.6 Å². The summed E-state index contributed by atoms with van der Waals surface area (Å²) in [4.78, 5) is 11.8. The molecule has 146 valence electrons. The SMILES string of the molecule is Cc1ccc(-n2cc(-c3ccccc3)c3c(N4CCCCC4)ncnc32)cc1Cl. The molecule has 0 N–H and O–H groups in total. The average molecular weight is 403 g/mol. The number of piperidine rings is 1. The van der Waals surface area contributed by atoms with Gasteiger partial charge in [-0.3, -0.25) is 0 Å². The zero-order valence-corrected chi connectivity index (χ0v) is 17.2. The van der Waals surface area contributed by atoms with Crippen molar-refractivity contribution in [1.82, 2.24) is 14.5 Å². The van der Waals surface area contributed by atoms with Gasteiger partial charge in [-0.05, 0) is 49.4 Å². The Morgan fingerprint density at radius 3 is 2.48 bits per heavy atom. The van der Waals surface area contributed by atoms with Crippen LogP contribution < -0.4 is 4.90 Å². The number of aromatic nitrogens is 3. The summed E-state index contributed by atoms with van der Waals surface area (Å²) in [5.74, 6) is 1.03. The molecule has 0 amide bonds. The lowest BCUT2D eigenvalue weighted by Crippen LogP contribution is -2.30. The van der Waals surface area contributed by atoms with Crippen molar-refractivity contribution in [1.29, 1.82) is 0 Å². The van der Waals surface area contributed by atoms with E-state index in [-0.39, 0.29) is 0 Å². The molecule has 2 aromatic carbocycles. The Morgan fingerprint density at radius 2 is 1.72 bits per heavy atom. The fourth-order valence-corrected chi connectivity index (χ4v) is 4.33. The van der Waals surface area contributed by atoms with E-state index in [9.17, 15) is 0 Å². The van der Waals surface area contributed by atoms with Crippen LogP contribution in [-0.2, 0) is 0 Å². The van der Waals surface area contributed by atoms with Crippen LogP contribution in [-0.4, -0.2) is 27.6 Å². The van der Waals surface area contributed by atoms with Crippen LogP contribution in [0.15, 0.2) is 61.1 Å². The van der Waals surface area contributed by atoms with Crippen molar-refractivity contribution in [3.8, 4) is 16.8 Å². The van der Waals surface area contributed by atoms with Crippen LogP contribution in [0.1, 0.15) is 24.8 Å². The quantitative estimate of drug-likeness (QED) is 0.419. The number of rotatable bonds is 3. The van der Waals surface area contributed by atoms with Crippen LogP contribution in [0.2, 0.25) is 5.02 Å². The van der Waals surface area contributed by atoms with Gasteiger partial charge in [-0.1, -0.05) is 48.0 Å². The molecular weight excluding hydrogens is 380 g/mol. The number of aryl methyl sites for hydroxylation is 1. The van der Waals surface area contributed by atoms with Crippen LogP contribution in [0, 0.1) is 6.92 Å². The summed E-state index contributed by atoms with van der Waals surface area (Å²) in [6.45, 7) is 4.11. The van der Waals surface area contributed by atoms with Gasteiger partial charge in [-0.25, -0.2) is 9.97 Å². The van der Waals surface area contributed by atoms with Crippen LogP contribution in [0.25, 0.3) is 27.8 Å². The normalized spacial score (nSPS) is 14.5. The number of fused-ring (bicyclic) bond motifs is 1. The number of benzene rings is 2. The lowest BCUT2D eigenvalue weighted by Gasteiger charge is -2.28. The average Bonchev–Trinajstić information content (AvgIpc) is 3.17. The molecule has 1 saturated heterocycles. The second-order valence-corrected chi connectivity index (χ2v) is 8.06. The molecule has 4 aromatic rings. The summed E-state index contributed by atoms with van der Waals surface area (Å²) in [6, 6.07) is 16.6. The summed E-state index contributed by atoms with van der Waals surface area (Å²) in [5.41, 5.74) is 5.32. The molecule has 5 heteroatoms. The van der Waals surface area contributed by atoms with Gasteiger partial charge in [0.1, 0.15) is 12.1 Å². The molecule has 0 atom stereocenters. The molecule has 1 aliphatic heterocycles. The van der Waals surface area contributed by atoms with E-state index in [2.05, 4.69) is 52.1 Å². The molecule has 0 bridgehead atoms. The molecule has 0 saturated carbocycles. The largest absolute Gasteiger partial charge is 0.356 e. The van der Waals surface area contributed by atoms with E-state index >= 15 is 0 Å². The maximum Gasteiger partial charge on any atom is 0.150 e. The van der Waals surface area contributed by atoms with Gasteiger partial charge in [0.2, 0.25) is 0 Å². The minimum atomic E-state index is 0.760. The predicted molar refractivity (Wildman–Crippen MR) is 120 cm³/mol. The fourth-order valence-electron chi connectivity index (χ4n) is 4.16. The zero-order chi connectivity index (χ0) is 19.8. The Kier molecular flexibility index (Phi) is 4.72. The molecule has 5 rings (SSSR count). The Hall–Kier alpha value is -2.85. The van der Waals surface area contributed by atoms with Gasteiger partial charge in [-0.2, -0.15) is 0 Å². The lowest BCUT2D eigenvalue weighted by atomic mass is 10.1. The van der Waals surface area contributed by atoms with E-state index in [1.807, 2.05) is 19.1 Å². The van der Waals surface area contributed by atoms with Gasteiger partial charge in [-0.15, -0.1) is 0 Å². The third-order valence-electron chi connectivity index (χ3n) is 5.74. The van der Waals surface area contributed by atoms with Gasteiger partial charge in [0.25, 0.3) is 0 Å². The minimum absolute atomic E-state index is 0.760. The summed E-state index contributed by atoms with van der Waals surface area (Å²) in [6.07, 6.45) is 7.57. The molecule has 0 aliphatic carbocycles. The number of nitrogens with zero attached hydrogens (tertiary/aromatic N) is 4. The second-order valence-electron chi connectivity index (χ2n) is 7.66. The van der Waals surface area contributed by atoms with Crippen molar-refractivity contribution < 1.29 is 0 Å². The molecule has 4 nitrogen and oxygen atoms in total. The van der Waals surface area contributed by atoms with Crippen molar-refractivity contribution in [2.75, 3.05) is 18.0 Å². The summed E-state index contributed by atoms with van der Waals surface area (Å²) in [5, 5.41) is 1.87. The van der Waals surface area contributed by atoms with Crippen molar-refractivity contribution in [2.24, 2.45) is 0 Å². The molecular formula is C24H23ClN4. The molecule has 0 unspecified atom stereocenters. The van der Waals surface area contributed by atoms with Crippen molar-refractivity contribution in [3.05, 3.63) is 71.6 Å². The highest BCUT2D eigenvalue weighted by Crippen LogP contribution is 2.37. The van der Waals surface area contributed by atoms with E-state index in [0.717, 1.165) is 51.8 Å². The summed E-state index contributed by atoms with van der Waals surface area (Å²) < 4.78 is 2.14. The molecule has 2 aromatic heterocycles. The molecule has 1 fully saturated rings. The lowest BCUT2D eigenvalue weighted by molar-refractivity contribution is 0.574. The molecule has 29 heavy (non-hydrogen) atoms. The van der Waals surface area contributed by atoms with Crippen molar-refractivity contribution in [2.45, 2.75) is 26.2 Å². The molecule has 3 heterocycles. The van der Waals surface area contributed by atoms with E-state index in [1.165, 1.54) is 24.8 Å². The molecule has 1 aliphatic rings. The number of anilines is 1. The van der Waals surface area contributed by atoms with Gasteiger partial charge in [0, 0.05) is 35.6 Å². The first-order valence-electron chi connectivity index (χ1n) is 10.2. The Labute approximate surface area is 175 Å². The first-order valence-corrected chi connectivity index (χ1v) is 10.5. The molecule has 0 spiro atoms. The van der Waals surface area contributed by atoms with Crippen molar-refractivity contribution >= 4 is 28.5 Å². The maximum atomic E-state index is 6.44. The third-order valence-corrected chi connectivity index (χ3v) is 6.14. The fraction of sp³-hybridized carbons (Fsp3) is 0.250. The third kappa shape index (κ3) is 3.28. The number of hydrogen-bond acceptors (Lipinski definition) is 3. The van der Waals surface area contributed by atoms with Gasteiger partial charge in [0.05, 0.1) is 5.39 Å². The Bertz CT molecular complexity index is 1160. The van der Waals surface area contributed by atoms with Crippen LogP contribution in [0.5, 0.6) is 0 Å². The van der Waals surface area contributed by atoms with E-state index < -0.39 is 0 Å². The second kappa shape index (κ2) is 7.53. The van der Waals surface area contributed by atoms with Crippen LogP contribution in [0.4, 0.5) is 5.82 Å². The smallest absolute Gasteiger partial charge is 0.150 e. The standard InChI is InChI=1S/C24H23ClN4/c1-17-10-11-19(14-21(17)25)29-15-20(18-8-4-2-5-9-18)22-23(26-16-27-24(22)29)28-12-6-3-7-13-28/h2,4-5,8-11,14-16H,3,6-7,12-13H2,1H3. The maximum absolute atomic E-state index is 6.44. The predicted octanol–water partition coefficient (Wildman–Crippen LogP) is 6.04. The molecule has 0 radical (unpaired) electrons. The summed E-state index contributed by atoms with van der Waals surface area (Å²) in [7, 11) is 0. The van der Waals surface area contributed by atoms with E-state index in [1.54, 1.807) is 6.33 Å². The number of halogens is 1. The highest BCUT2D eigenvalue weighted by Gasteiger charge is 2.22. The summed E-state index contributed by atoms with van der Waals surface area (Å²) >= 11 is 6.44. The van der Waals surface area contributed by atoms with Crippen LogP contribution >= 0.6 is 11.6 Å². The zero-order valence-electron chi connectivity index (χ0n) is 16.5. The van der Waals surface area contributed by atoms with Crippen molar-refractivity contribution in [3.63, 3.8) is 0 Å². The Morgan fingerprint density at radius 1 is 0.931 bits per heavy atom. The highest BCUT2D eigenvalue weighted by molar-refractivity contribution is 6.31. The van der Waals surface area contributed by atoms with Gasteiger partial charge >= 0.3 is 0 Å². The number of hydrogen-bond donors (Lipinski definition) is 0. The van der Waals surface area contributed by atoms with Gasteiger partial charge in [0.15, 0.2) is 5.65 Å². The highest BCUT2D eigenvalue weighted by atomic mass is 35.5. The van der Waals surface area contributed by atoms with Gasteiger partial charge < -0.3 is 9.47 Å². The van der Waals surface area contributed by atoms with E-state index in [0.29, 0.717) is 0 Å².